The Balaban J connectivity index is 1.73. The molecule has 2 rings (SSSR count). The molecule has 2 heteroatoms. The second-order valence-electron chi connectivity index (χ2n) is 7.26. The van der Waals surface area contributed by atoms with Crippen molar-refractivity contribution in [3.63, 3.8) is 0 Å². The van der Waals surface area contributed by atoms with E-state index in [1.54, 1.807) is 0 Å². The van der Waals surface area contributed by atoms with E-state index in [9.17, 15) is 4.79 Å². The summed E-state index contributed by atoms with van der Waals surface area (Å²) in [4.78, 5) is 10.8. The van der Waals surface area contributed by atoms with Crippen LogP contribution in [-0.4, -0.2) is 19.0 Å². The fraction of sp³-hybridized carbons (Fsp3) is 0.737. The maximum atomic E-state index is 10.8. The van der Waals surface area contributed by atoms with Crippen LogP contribution >= 0.6 is 0 Å². The minimum atomic E-state index is 0.279. The highest BCUT2D eigenvalue weighted by Gasteiger charge is 2.24. The van der Waals surface area contributed by atoms with Crippen molar-refractivity contribution >= 4 is 6.29 Å². The van der Waals surface area contributed by atoms with Crippen molar-refractivity contribution in [2.45, 2.75) is 65.4 Å². The van der Waals surface area contributed by atoms with E-state index in [0.29, 0.717) is 12.0 Å². The summed E-state index contributed by atoms with van der Waals surface area (Å²) >= 11 is 0. The van der Waals surface area contributed by atoms with E-state index in [2.05, 4.69) is 39.0 Å². The van der Waals surface area contributed by atoms with Gasteiger partial charge in [0.25, 0.3) is 0 Å². The van der Waals surface area contributed by atoms with Gasteiger partial charge < -0.3 is 9.53 Å². The molecule has 2 nitrogen and oxygen atoms in total. The van der Waals surface area contributed by atoms with E-state index < -0.39 is 0 Å². The molecule has 0 aromatic heterocycles. The number of hydrogen-bond acceptors (Lipinski definition) is 2. The minimum Gasteiger partial charge on any atom is -0.378 e. The Hall–Kier alpha value is -0.890. The Labute approximate surface area is 129 Å². The lowest BCUT2D eigenvalue weighted by molar-refractivity contribution is -0.112. The molecule has 0 N–H and O–H groups in total. The van der Waals surface area contributed by atoms with Crippen LogP contribution in [0, 0.1) is 17.3 Å². The van der Waals surface area contributed by atoms with E-state index in [4.69, 9.17) is 4.74 Å². The Morgan fingerprint density at radius 1 is 1.29 bits per heavy atom. The maximum absolute atomic E-state index is 10.8. The van der Waals surface area contributed by atoms with Crippen LogP contribution < -0.4 is 0 Å². The van der Waals surface area contributed by atoms with Crippen molar-refractivity contribution in [1.82, 2.24) is 0 Å². The van der Waals surface area contributed by atoms with E-state index in [0.717, 1.165) is 45.0 Å². The molecule has 2 aliphatic rings. The number of allylic oxidation sites excluding steroid dienone is 3. The molecule has 0 heterocycles. The first kappa shape index (κ1) is 16.5. The van der Waals surface area contributed by atoms with Crippen molar-refractivity contribution < 1.29 is 9.53 Å². The first-order valence-electron chi connectivity index (χ1n) is 8.51. The van der Waals surface area contributed by atoms with Crippen LogP contribution in [0.3, 0.4) is 0 Å². The molecule has 2 aliphatic carbocycles. The molecular weight excluding hydrogens is 260 g/mol. The van der Waals surface area contributed by atoms with Crippen LogP contribution in [0.15, 0.2) is 23.8 Å². The SMILES string of the molecule is CCC(C)(C)C1=CCC(COC2CCC(C=O)CC2)C=C1. The summed E-state index contributed by atoms with van der Waals surface area (Å²) in [5.41, 5.74) is 1.75. The van der Waals surface area contributed by atoms with Gasteiger partial charge in [0, 0.05) is 11.8 Å². The second kappa shape index (κ2) is 7.40. The summed E-state index contributed by atoms with van der Waals surface area (Å²) in [6.45, 7) is 7.69. The third-order valence-electron chi connectivity index (χ3n) is 5.31. The van der Waals surface area contributed by atoms with Gasteiger partial charge in [0.05, 0.1) is 12.7 Å². The van der Waals surface area contributed by atoms with E-state index in [-0.39, 0.29) is 11.3 Å². The standard InChI is InChI=1S/C19H30O2/c1-4-19(2,3)17-9-5-16(6-10-17)14-21-18-11-7-15(13-20)8-12-18/h5,9-10,13,15-16,18H,4,6-8,11-12,14H2,1-3H3. The zero-order valence-corrected chi connectivity index (χ0v) is 13.8. The van der Waals surface area contributed by atoms with Gasteiger partial charge in [0.1, 0.15) is 6.29 Å². The molecule has 0 amide bonds. The smallest absolute Gasteiger partial charge is 0.123 e. The lowest BCUT2D eigenvalue weighted by Gasteiger charge is -2.29. The maximum Gasteiger partial charge on any atom is 0.123 e. The lowest BCUT2D eigenvalue weighted by atomic mass is 9.78. The number of aldehydes is 1. The number of carbonyl (C=O) groups is 1. The van der Waals surface area contributed by atoms with Crippen molar-refractivity contribution in [1.29, 1.82) is 0 Å². The topological polar surface area (TPSA) is 26.3 Å². The van der Waals surface area contributed by atoms with Crippen LogP contribution in [0.1, 0.15) is 59.3 Å². The van der Waals surface area contributed by atoms with Crippen LogP contribution in [0.4, 0.5) is 0 Å². The summed E-state index contributed by atoms with van der Waals surface area (Å²) in [5.74, 6) is 0.798. The first-order chi connectivity index (χ1) is 10.0. The molecule has 1 saturated carbocycles. The molecule has 1 atom stereocenters. The number of rotatable bonds is 6. The zero-order chi connectivity index (χ0) is 15.3. The predicted octanol–water partition coefficient (Wildman–Crippen LogP) is 4.70. The lowest BCUT2D eigenvalue weighted by Crippen LogP contribution is -2.25. The minimum absolute atomic E-state index is 0.279. The monoisotopic (exact) mass is 290 g/mol. The third-order valence-corrected chi connectivity index (χ3v) is 5.31. The van der Waals surface area contributed by atoms with Gasteiger partial charge in [-0.3, -0.25) is 0 Å². The van der Waals surface area contributed by atoms with Crippen molar-refractivity contribution in [2.75, 3.05) is 6.61 Å². The summed E-state index contributed by atoms with van der Waals surface area (Å²) in [6.07, 6.45) is 14.9. The Morgan fingerprint density at radius 3 is 2.52 bits per heavy atom. The number of hydrogen-bond donors (Lipinski definition) is 0. The predicted molar refractivity (Wildman–Crippen MR) is 87.2 cm³/mol. The highest BCUT2D eigenvalue weighted by Crippen LogP contribution is 2.34. The van der Waals surface area contributed by atoms with Gasteiger partial charge in [0.2, 0.25) is 0 Å². The fourth-order valence-corrected chi connectivity index (χ4v) is 3.15. The van der Waals surface area contributed by atoms with Crippen molar-refractivity contribution in [3.8, 4) is 0 Å². The van der Waals surface area contributed by atoms with Crippen molar-refractivity contribution in [3.05, 3.63) is 23.8 Å². The Bertz CT molecular complexity index is 398. The normalized spacial score (nSPS) is 30.0. The van der Waals surface area contributed by atoms with Gasteiger partial charge in [0.15, 0.2) is 0 Å². The molecule has 0 radical (unpaired) electrons. The van der Waals surface area contributed by atoms with E-state index in [1.165, 1.54) is 12.0 Å². The summed E-state index contributed by atoms with van der Waals surface area (Å²) in [7, 11) is 0. The Morgan fingerprint density at radius 2 is 2.00 bits per heavy atom. The van der Waals surface area contributed by atoms with Gasteiger partial charge in [-0.15, -0.1) is 0 Å². The van der Waals surface area contributed by atoms with Crippen LogP contribution in [0.5, 0.6) is 0 Å². The molecule has 0 spiro atoms. The molecule has 0 aromatic rings. The molecule has 0 aliphatic heterocycles. The highest BCUT2D eigenvalue weighted by atomic mass is 16.5. The molecule has 21 heavy (non-hydrogen) atoms. The van der Waals surface area contributed by atoms with Gasteiger partial charge in [-0.05, 0) is 49.5 Å². The van der Waals surface area contributed by atoms with Gasteiger partial charge in [-0.25, -0.2) is 0 Å². The molecule has 118 valence electrons. The summed E-state index contributed by atoms with van der Waals surface area (Å²) in [6, 6.07) is 0. The van der Waals surface area contributed by atoms with Gasteiger partial charge >= 0.3 is 0 Å². The van der Waals surface area contributed by atoms with E-state index in [1.807, 2.05) is 0 Å². The van der Waals surface area contributed by atoms with Gasteiger partial charge in [-0.2, -0.15) is 0 Å². The van der Waals surface area contributed by atoms with Crippen LogP contribution in [0.2, 0.25) is 0 Å². The fourth-order valence-electron chi connectivity index (χ4n) is 3.15. The third kappa shape index (κ3) is 4.54. The molecule has 1 fully saturated rings. The molecule has 0 aromatic carbocycles. The average molecular weight is 290 g/mol. The van der Waals surface area contributed by atoms with Crippen molar-refractivity contribution in [2.24, 2.45) is 17.3 Å². The van der Waals surface area contributed by atoms with Crippen LogP contribution in [0.25, 0.3) is 0 Å². The Kier molecular flexibility index (Phi) is 5.80. The number of carbonyl (C=O) groups excluding carboxylic acids is 1. The van der Waals surface area contributed by atoms with Crippen LogP contribution in [-0.2, 0) is 9.53 Å². The quantitative estimate of drug-likeness (QED) is 0.663. The highest BCUT2D eigenvalue weighted by molar-refractivity contribution is 5.53. The second-order valence-corrected chi connectivity index (χ2v) is 7.26. The molecular formula is C19H30O2. The van der Waals surface area contributed by atoms with Gasteiger partial charge in [-0.1, -0.05) is 39.0 Å². The van der Waals surface area contributed by atoms with E-state index >= 15 is 0 Å². The molecule has 0 bridgehead atoms. The first-order valence-corrected chi connectivity index (χ1v) is 8.51. The average Bonchev–Trinajstić information content (AvgIpc) is 2.54. The molecule has 1 unspecified atom stereocenters. The zero-order valence-electron chi connectivity index (χ0n) is 13.8. The summed E-state index contributed by atoms with van der Waals surface area (Å²) in [5, 5.41) is 0. The largest absolute Gasteiger partial charge is 0.378 e. The summed E-state index contributed by atoms with van der Waals surface area (Å²) < 4.78 is 6.07. The molecule has 0 saturated heterocycles. The number of ether oxygens (including phenoxy) is 1.